The van der Waals surface area contributed by atoms with Gasteiger partial charge in [0, 0.05) is 59.9 Å². The number of carbonyl (C=O) groups excluding carboxylic acids is 3. The van der Waals surface area contributed by atoms with Crippen molar-refractivity contribution in [3.63, 3.8) is 0 Å². The van der Waals surface area contributed by atoms with Gasteiger partial charge in [0.25, 0.3) is 11.8 Å². The molecule has 0 radical (unpaired) electrons. The van der Waals surface area contributed by atoms with Crippen LogP contribution in [0.3, 0.4) is 0 Å². The molecule has 2 aliphatic heterocycles. The van der Waals surface area contributed by atoms with Gasteiger partial charge in [-0.2, -0.15) is 0 Å². The molecule has 1 aromatic heterocycles. The number of carboxylic acids is 1. The number of aromatic nitrogens is 1. The summed E-state index contributed by atoms with van der Waals surface area (Å²) in [7, 11) is 1.58. The highest BCUT2D eigenvalue weighted by Gasteiger charge is 2.37. The number of methoxy groups -OCH3 is 1. The number of nitrogens with zero attached hydrogens (tertiary/aromatic N) is 2. The Bertz CT molecular complexity index is 2290. The van der Waals surface area contributed by atoms with E-state index in [2.05, 4.69) is 16.4 Å². The van der Waals surface area contributed by atoms with E-state index < -0.39 is 17.6 Å². The predicted molar refractivity (Wildman–Crippen MR) is 207 cm³/mol. The number of carbonyl (C=O) groups is 4. The lowest BCUT2D eigenvalue weighted by atomic mass is 9.82. The first-order chi connectivity index (χ1) is 26.1. The summed E-state index contributed by atoms with van der Waals surface area (Å²) in [4.78, 5) is 61.4. The second kappa shape index (κ2) is 15.2. The lowest BCUT2D eigenvalue weighted by Gasteiger charge is -2.26. The standard InChI is InChI=1S/C44H40N4O6/c1-44(33-15-13-29(14-16-33)36(18-19-41(50)51)47-42(52)31-9-4-3-5-10-31)35(20-22-46-44)39(49)24-28-12-17-34(40(25-28)54-2)37-26-32(27-45-37)43(53)48-23-21-30-8-6-7-11-38(30)48/h3-17,20,22,25-27,36,45H,18-19,21,23-24H2,1-2H3,(H,47,52)(H,50,51). The predicted octanol–water partition coefficient (Wildman–Crippen LogP) is 7.27. The SMILES string of the molecule is COc1cc(CC(=O)C2=CC=NC2(C)c2ccc(C(CCC(=O)O)NC(=O)c3ccccc3)cc2)ccc1-c1cc(C(=O)N2CCc3ccccc32)c[nH]1. The molecule has 10 nitrogen and oxygen atoms in total. The van der Waals surface area contributed by atoms with Crippen molar-refractivity contribution in [2.45, 2.75) is 44.2 Å². The first-order valence-electron chi connectivity index (χ1n) is 17.9. The van der Waals surface area contributed by atoms with Gasteiger partial charge in [0.1, 0.15) is 11.3 Å². The molecule has 0 saturated carbocycles. The molecule has 272 valence electrons. The first-order valence-corrected chi connectivity index (χ1v) is 17.9. The number of aliphatic carboxylic acids is 1. The van der Waals surface area contributed by atoms with Gasteiger partial charge in [0.05, 0.1) is 18.7 Å². The van der Waals surface area contributed by atoms with Crippen molar-refractivity contribution in [2.75, 3.05) is 18.6 Å². The Morgan fingerprint density at radius 3 is 2.46 bits per heavy atom. The number of ether oxygens (including phenoxy) is 1. The van der Waals surface area contributed by atoms with E-state index in [-0.39, 0.29) is 36.9 Å². The monoisotopic (exact) mass is 720 g/mol. The van der Waals surface area contributed by atoms with E-state index in [0.717, 1.165) is 45.6 Å². The van der Waals surface area contributed by atoms with Crippen molar-refractivity contribution in [3.05, 3.63) is 154 Å². The quantitative estimate of drug-likeness (QED) is 0.117. The smallest absolute Gasteiger partial charge is 0.303 e. The van der Waals surface area contributed by atoms with Crippen molar-refractivity contribution in [1.29, 1.82) is 0 Å². The number of nitrogens with one attached hydrogen (secondary N) is 2. The fourth-order valence-corrected chi connectivity index (χ4v) is 7.28. The minimum Gasteiger partial charge on any atom is -0.496 e. The summed E-state index contributed by atoms with van der Waals surface area (Å²) in [5.41, 5.74) is 6.54. The van der Waals surface area contributed by atoms with Gasteiger partial charge in [-0.1, -0.05) is 66.7 Å². The van der Waals surface area contributed by atoms with E-state index in [1.54, 1.807) is 49.9 Å². The van der Waals surface area contributed by atoms with E-state index in [1.807, 2.05) is 84.6 Å². The van der Waals surface area contributed by atoms with Crippen LogP contribution in [0.15, 0.2) is 126 Å². The van der Waals surface area contributed by atoms with Gasteiger partial charge < -0.3 is 25.0 Å². The highest BCUT2D eigenvalue weighted by molar-refractivity contribution is 6.08. The second-order valence-corrected chi connectivity index (χ2v) is 13.6. The van der Waals surface area contributed by atoms with Crippen LogP contribution in [0.4, 0.5) is 5.69 Å². The Kier molecular flexibility index (Phi) is 10.1. The minimum absolute atomic E-state index is 0.0683. The summed E-state index contributed by atoms with van der Waals surface area (Å²) in [5, 5.41) is 12.3. The van der Waals surface area contributed by atoms with Crippen LogP contribution < -0.4 is 15.0 Å². The van der Waals surface area contributed by atoms with Crippen molar-refractivity contribution < 1.29 is 29.0 Å². The summed E-state index contributed by atoms with van der Waals surface area (Å²) >= 11 is 0. The number of Topliss-reactive ketones (excluding diaryl/α,β-unsaturated/α-hetero) is 1. The third-order valence-corrected chi connectivity index (χ3v) is 10.2. The number of hydrogen-bond acceptors (Lipinski definition) is 6. The number of H-pyrrole nitrogens is 1. The molecule has 5 aromatic rings. The molecule has 7 rings (SSSR count). The fourth-order valence-electron chi connectivity index (χ4n) is 7.28. The molecular weight excluding hydrogens is 681 g/mol. The number of allylic oxidation sites excluding steroid dienone is 1. The third kappa shape index (κ3) is 7.23. The van der Waals surface area contributed by atoms with Crippen LogP contribution in [0.25, 0.3) is 11.3 Å². The Labute approximate surface area is 313 Å². The van der Waals surface area contributed by atoms with E-state index >= 15 is 0 Å². The van der Waals surface area contributed by atoms with Gasteiger partial charge in [-0.3, -0.25) is 24.2 Å². The molecule has 2 amide bonds. The number of amides is 2. The van der Waals surface area contributed by atoms with Gasteiger partial charge in [-0.15, -0.1) is 0 Å². The van der Waals surface area contributed by atoms with Crippen molar-refractivity contribution in [1.82, 2.24) is 10.3 Å². The number of benzene rings is 4. The summed E-state index contributed by atoms with van der Waals surface area (Å²) in [5.74, 6) is -0.837. The average molecular weight is 721 g/mol. The van der Waals surface area contributed by atoms with Gasteiger partial charge in [-0.25, -0.2) is 0 Å². The highest BCUT2D eigenvalue weighted by atomic mass is 16.5. The van der Waals surface area contributed by atoms with E-state index in [1.165, 1.54) is 0 Å². The fraction of sp³-hybridized carbons (Fsp3) is 0.205. The van der Waals surface area contributed by atoms with Crippen LogP contribution in [0.5, 0.6) is 5.75 Å². The number of aromatic amines is 1. The summed E-state index contributed by atoms with van der Waals surface area (Å²) in [6.07, 6.45) is 6.15. The lowest BCUT2D eigenvalue weighted by molar-refractivity contribution is -0.137. The van der Waals surface area contributed by atoms with E-state index in [9.17, 15) is 24.3 Å². The molecule has 4 aromatic carbocycles. The van der Waals surface area contributed by atoms with Gasteiger partial charge >= 0.3 is 5.97 Å². The average Bonchev–Trinajstić information content (AvgIpc) is 3.96. The number of anilines is 1. The summed E-state index contributed by atoms with van der Waals surface area (Å²) in [6.45, 7) is 2.53. The van der Waals surface area contributed by atoms with Crippen LogP contribution in [0, 0.1) is 0 Å². The maximum atomic E-state index is 13.9. The first kappa shape index (κ1) is 35.8. The zero-order chi connectivity index (χ0) is 37.8. The van der Waals surface area contributed by atoms with E-state index in [0.29, 0.717) is 29.0 Å². The largest absolute Gasteiger partial charge is 0.496 e. The number of fused-ring (bicyclic) bond motifs is 1. The molecule has 2 unspecified atom stereocenters. The third-order valence-electron chi connectivity index (χ3n) is 10.2. The molecule has 0 spiro atoms. The van der Waals surface area contributed by atoms with Crippen LogP contribution in [-0.2, 0) is 28.0 Å². The Hall–Kier alpha value is -6.55. The maximum Gasteiger partial charge on any atom is 0.303 e. The zero-order valence-electron chi connectivity index (χ0n) is 30.0. The Balaban J connectivity index is 1.05. The molecule has 0 aliphatic carbocycles. The molecule has 54 heavy (non-hydrogen) atoms. The molecule has 10 heteroatoms. The highest BCUT2D eigenvalue weighted by Crippen LogP contribution is 2.39. The summed E-state index contributed by atoms with van der Waals surface area (Å²) < 4.78 is 5.76. The van der Waals surface area contributed by atoms with Gasteiger partial charge in [-0.05, 0) is 84.5 Å². The molecule has 2 aliphatic rings. The van der Waals surface area contributed by atoms with Crippen LogP contribution in [0.1, 0.15) is 68.8 Å². The molecule has 3 heterocycles. The topological polar surface area (TPSA) is 141 Å². The second-order valence-electron chi connectivity index (χ2n) is 13.6. The number of aliphatic imine (C=N–C) groups is 1. The lowest BCUT2D eigenvalue weighted by Crippen LogP contribution is -2.29. The Morgan fingerprint density at radius 2 is 1.70 bits per heavy atom. The van der Waals surface area contributed by atoms with Crippen LogP contribution >= 0.6 is 0 Å². The minimum atomic E-state index is -0.950. The zero-order valence-corrected chi connectivity index (χ0v) is 30.0. The van der Waals surface area contributed by atoms with Gasteiger partial charge in [0.2, 0.25) is 0 Å². The summed E-state index contributed by atoms with van der Waals surface area (Å²) in [6, 6.07) is 31.1. The van der Waals surface area contributed by atoms with Gasteiger partial charge in [0.15, 0.2) is 5.78 Å². The number of hydrogen-bond donors (Lipinski definition) is 3. The van der Waals surface area contributed by atoms with Crippen molar-refractivity contribution >= 4 is 35.5 Å². The number of para-hydroxylation sites is 1. The molecule has 2 atom stereocenters. The molecule has 3 N–H and O–H groups in total. The molecule has 0 saturated heterocycles. The molecule has 0 bridgehead atoms. The van der Waals surface area contributed by atoms with Crippen molar-refractivity contribution in [2.24, 2.45) is 4.99 Å². The molecular formula is C44H40N4O6. The number of ketones is 1. The van der Waals surface area contributed by atoms with E-state index in [4.69, 9.17) is 9.73 Å². The number of carboxylic acid groups (broad SMARTS) is 1. The van der Waals surface area contributed by atoms with Crippen LogP contribution in [0.2, 0.25) is 0 Å². The van der Waals surface area contributed by atoms with Crippen LogP contribution in [-0.4, -0.2) is 53.5 Å². The maximum absolute atomic E-state index is 13.9. The van der Waals surface area contributed by atoms with Crippen molar-refractivity contribution in [3.8, 4) is 17.0 Å². The number of rotatable bonds is 13. The molecule has 0 fully saturated rings. The normalized spacial score (nSPS) is 16.4. The Morgan fingerprint density at radius 1 is 0.944 bits per heavy atom.